The van der Waals surface area contributed by atoms with Crippen LogP contribution < -0.4 is 9.62 Å². The molecule has 40 heavy (non-hydrogen) atoms. The van der Waals surface area contributed by atoms with Crippen molar-refractivity contribution >= 4 is 37.5 Å². The Kier molecular flexibility index (Phi) is 6.28. The normalized spacial score (nSPS) is 11.9. The van der Waals surface area contributed by atoms with Gasteiger partial charge < -0.3 is 9.88 Å². The molecule has 0 bridgehead atoms. The van der Waals surface area contributed by atoms with Crippen molar-refractivity contribution in [1.82, 2.24) is 34.9 Å². The van der Waals surface area contributed by atoms with Crippen LogP contribution in [0.2, 0.25) is 0 Å². The Labute approximate surface area is 229 Å². The van der Waals surface area contributed by atoms with Crippen molar-refractivity contribution in [1.29, 1.82) is 0 Å². The molecule has 12 heteroatoms. The molecule has 3 N–H and O–H groups in total. The van der Waals surface area contributed by atoms with Crippen molar-refractivity contribution in [3.8, 4) is 33.9 Å². The van der Waals surface area contributed by atoms with Crippen LogP contribution in [-0.2, 0) is 16.6 Å². The number of rotatable bonds is 7. The summed E-state index contributed by atoms with van der Waals surface area (Å²) in [5, 5.41) is 9.26. The van der Waals surface area contributed by atoms with Crippen molar-refractivity contribution in [3.05, 3.63) is 78.6 Å². The summed E-state index contributed by atoms with van der Waals surface area (Å²) >= 11 is 0. The van der Waals surface area contributed by atoms with Gasteiger partial charge in [0.15, 0.2) is 0 Å². The molecule has 0 aliphatic heterocycles. The molecule has 0 saturated carbocycles. The molecule has 0 unspecified atom stereocenters. The number of aromatic amines is 2. The number of anilines is 1. The highest BCUT2D eigenvalue weighted by Gasteiger charge is 2.17. The first kappa shape index (κ1) is 25.6. The molecular weight excluding hydrogens is 531 g/mol. The number of hydrogen-bond donors (Lipinski definition) is 3. The maximum atomic E-state index is 14.5. The second-order valence-electron chi connectivity index (χ2n) is 9.76. The summed E-state index contributed by atoms with van der Waals surface area (Å²) in [6.07, 6.45) is 8.03. The fourth-order valence-corrected chi connectivity index (χ4v) is 5.04. The van der Waals surface area contributed by atoms with Gasteiger partial charge in [0, 0.05) is 60.4 Å². The summed E-state index contributed by atoms with van der Waals surface area (Å²) in [6.45, 7) is -0.0272. The fraction of sp³-hybridized carbons (Fsp3) is 0.143. The van der Waals surface area contributed by atoms with Gasteiger partial charge in [0.25, 0.3) is 0 Å². The lowest BCUT2D eigenvalue weighted by atomic mass is 10.0. The van der Waals surface area contributed by atoms with E-state index in [-0.39, 0.29) is 6.54 Å². The number of pyridine rings is 3. The summed E-state index contributed by atoms with van der Waals surface area (Å²) in [5.41, 5.74) is 7.24. The lowest BCUT2D eigenvalue weighted by Gasteiger charge is -2.12. The van der Waals surface area contributed by atoms with Gasteiger partial charge in [-0.05, 0) is 48.0 Å². The quantitative estimate of drug-likeness (QED) is 0.264. The van der Waals surface area contributed by atoms with E-state index < -0.39 is 15.8 Å². The van der Waals surface area contributed by atoms with Crippen LogP contribution in [0.5, 0.6) is 0 Å². The van der Waals surface area contributed by atoms with Crippen LogP contribution in [-0.4, -0.2) is 58.9 Å². The van der Waals surface area contributed by atoms with Crippen molar-refractivity contribution in [2.24, 2.45) is 0 Å². The number of halogens is 1. The fourth-order valence-electron chi connectivity index (χ4n) is 4.61. The molecule has 0 fully saturated rings. The zero-order chi connectivity index (χ0) is 28.0. The SMILES string of the molecule is CN(C)c1cncc(-c2cc3c(-c4cc5c(-c6cc(F)cc(CNS(C)(=O)=O)c6)nccc5[nH]4)n[nH]c3cn2)c1. The minimum Gasteiger partial charge on any atom is -0.376 e. The van der Waals surface area contributed by atoms with E-state index in [4.69, 9.17) is 0 Å². The van der Waals surface area contributed by atoms with Crippen LogP contribution >= 0.6 is 0 Å². The lowest BCUT2D eigenvalue weighted by Crippen LogP contribution is -2.21. The first-order valence-corrected chi connectivity index (χ1v) is 14.2. The predicted octanol–water partition coefficient (Wildman–Crippen LogP) is 4.48. The second-order valence-corrected chi connectivity index (χ2v) is 11.6. The molecule has 0 aliphatic carbocycles. The smallest absolute Gasteiger partial charge is 0.209 e. The molecule has 0 amide bonds. The summed E-state index contributed by atoms with van der Waals surface area (Å²) in [4.78, 5) is 18.9. The van der Waals surface area contributed by atoms with E-state index in [9.17, 15) is 12.8 Å². The topological polar surface area (TPSA) is 133 Å². The first-order chi connectivity index (χ1) is 19.1. The number of nitrogens with zero attached hydrogens (tertiary/aromatic N) is 5. The first-order valence-electron chi connectivity index (χ1n) is 12.3. The maximum Gasteiger partial charge on any atom is 0.209 e. The van der Waals surface area contributed by atoms with Gasteiger partial charge in [-0.1, -0.05) is 0 Å². The number of benzene rings is 1. The molecule has 5 heterocycles. The second kappa shape index (κ2) is 9.81. The van der Waals surface area contributed by atoms with E-state index in [1.165, 1.54) is 12.1 Å². The van der Waals surface area contributed by atoms with Gasteiger partial charge in [0.1, 0.15) is 11.5 Å². The van der Waals surface area contributed by atoms with Crippen molar-refractivity contribution < 1.29 is 12.8 Å². The van der Waals surface area contributed by atoms with Crippen LogP contribution in [0.15, 0.2) is 67.3 Å². The van der Waals surface area contributed by atoms with E-state index in [0.717, 1.165) is 50.7 Å². The Hall–Kier alpha value is -4.68. The summed E-state index contributed by atoms with van der Waals surface area (Å²) < 4.78 is 40.0. The highest BCUT2D eigenvalue weighted by molar-refractivity contribution is 7.88. The highest BCUT2D eigenvalue weighted by atomic mass is 32.2. The zero-order valence-electron chi connectivity index (χ0n) is 21.9. The van der Waals surface area contributed by atoms with Gasteiger partial charge in [-0.2, -0.15) is 5.10 Å². The Morgan fingerprint density at radius 1 is 0.925 bits per heavy atom. The third kappa shape index (κ3) is 5.01. The maximum absolute atomic E-state index is 14.5. The molecule has 0 aliphatic rings. The largest absolute Gasteiger partial charge is 0.376 e. The third-order valence-corrected chi connectivity index (χ3v) is 7.22. The van der Waals surface area contributed by atoms with E-state index in [1.54, 1.807) is 30.9 Å². The molecule has 0 saturated heterocycles. The van der Waals surface area contributed by atoms with Gasteiger partial charge >= 0.3 is 0 Å². The number of H-pyrrole nitrogens is 2. The molecule has 5 aromatic heterocycles. The third-order valence-electron chi connectivity index (χ3n) is 6.56. The van der Waals surface area contributed by atoms with Crippen molar-refractivity contribution in [3.63, 3.8) is 0 Å². The predicted molar refractivity (Wildman–Crippen MR) is 154 cm³/mol. The van der Waals surface area contributed by atoms with E-state index in [1.807, 2.05) is 43.3 Å². The van der Waals surface area contributed by atoms with Crippen LogP contribution in [0.4, 0.5) is 10.1 Å². The monoisotopic (exact) mass is 556 g/mol. The molecule has 0 radical (unpaired) electrons. The summed E-state index contributed by atoms with van der Waals surface area (Å²) in [5.74, 6) is -0.483. The molecule has 6 aromatic rings. The average molecular weight is 557 g/mol. The minimum absolute atomic E-state index is 0.0272. The number of fused-ring (bicyclic) bond motifs is 2. The number of aromatic nitrogens is 6. The average Bonchev–Trinajstić information content (AvgIpc) is 3.55. The lowest BCUT2D eigenvalue weighted by molar-refractivity contribution is 0.586. The summed E-state index contributed by atoms with van der Waals surface area (Å²) in [7, 11) is 0.493. The van der Waals surface area contributed by atoms with E-state index >= 15 is 0 Å². The Morgan fingerprint density at radius 2 is 1.75 bits per heavy atom. The number of sulfonamides is 1. The molecule has 202 valence electrons. The van der Waals surface area contributed by atoms with Crippen molar-refractivity contribution in [2.75, 3.05) is 25.3 Å². The van der Waals surface area contributed by atoms with Crippen LogP contribution in [0, 0.1) is 5.82 Å². The molecule has 0 atom stereocenters. The zero-order valence-corrected chi connectivity index (χ0v) is 22.7. The van der Waals surface area contributed by atoms with Gasteiger partial charge in [-0.15, -0.1) is 0 Å². The Bertz CT molecular complexity index is 2000. The molecule has 1 aromatic carbocycles. The highest BCUT2D eigenvalue weighted by Crippen LogP contribution is 2.34. The Morgan fingerprint density at radius 3 is 2.55 bits per heavy atom. The van der Waals surface area contributed by atoms with Gasteiger partial charge in [-0.25, -0.2) is 17.5 Å². The number of nitrogens with one attached hydrogen (secondary N) is 3. The van der Waals surface area contributed by atoms with Gasteiger partial charge in [-0.3, -0.25) is 20.1 Å². The molecule has 10 nitrogen and oxygen atoms in total. The number of hydrogen-bond acceptors (Lipinski definition) is 7. The van der Waals surface area contributed by atoms with Gasteiger partial charge in [0.05, 0.1) is 46.9 Å². The summed E-state index contributed by atoms with van der Waals surface area (Å²) in [6, 6.07) is 12.2. The standard InChI is InChI=1S/C28H25FN8O2S/c1-37(2)20-9-18(13-30-14-20)24-10-22-26(15-32-24)35-36-28(22)25-11-21-23(34-25)4-5-31-27(21)17-6-16(7-19(29)8-17)12-33-40(3,38)39/h4-11,13-15,33-34H,12H2,1-3H3,(H,35,36). The van der Waals surface area contributed by atoms with E-state index in [2.05, 4.69) is 34.9 Å². The minimum atomic E-state index is -3.43. The molecular formula is C28H25FN8O2S. The van der Waals surface area contributed by atoms with Crippen LogP contribution in [0.3, 0.4) is 0 Å². The van der Waals surface area contributed by atoms with E-state index in [0.29, 0.717) is 22.5 Å². The Balaban J connectivity index is 1.42. The van der Waals surface area contributed by atoms with Crippen molar-refractivity contribution in [2.45, 2.75) is 6.54 Å². The van der Waals surface area contributed by atoms with Gasteiger partial charge in [0.2, 0.25) is 10.0 Å². The van der Waals surface area contributed by atoms with Crippen LogP contribution in [0.25, 0.3) is 55.7 Å². The molecule has 0 spiro atoms. The van der Waals surface area contributed by atoms with Crippen LogP contribution in [0.1, 0.15) is 5.56 Å². The molecule has 6 rings (SSSR count).